The Morgan fingerprint density at radius 3 is 2.27 bits per heavy atom. The van der Waals surface area contributed by atoms with Crippen LogP contribution in [-0.4, -0.2) is 80.7 Å². The molecule has 3 heterocycles. The largest absolute Gasteiger partial charge is 0.481 e. The number of nitriles is 1. The topological polar surface area (TPSA) is 181 Å². The van der Waals surface area contributed by atoms with Gasteiger partial charge in [0, 0.05) is 45.3 Å². The molecule has 2 aliphatic rings. The second kappa shape index (κ2) is 14.8. The lowest BCUT2D eigenvalue weighted by Crippen LogP contribution is -2.57. The van der Waals surface area contributed by atoms with Crippen LogP contribution in [0.15, 0.2) is 30.3 Å². The fourth-order valence-corrected chi connectivity index (χ4v) is 6.04. The normalized spacial score (nSPS) is 17.4. The summed E-state index contributed by atoms with van der Waals surface area (Å²) in [6, 6.07) is 9.84. The Morgan fingerprint density at radius 2 is 1.67 bits per heavy atom. The number of halogens is 3. The van der Waals surface area contributed by atoms with E-state index in [-0.39, 0.29) is 43.0 Å². The fourth-order valence-electron chi connectivity index (χ4n) is 5.18. The van der Waals surface area contributed by atoms with E-state index >= 15 is 0 Å². The van der Waals surface area contributed by atoms with Gasteiger partial charge in [0.2, 0.25) is 11.7 Å². The van der Waals surface area contributed by atoms with Crippen molar-refractivity contribution >= 4 is 33.7 Å². The molecule has 244 valence electrons. The summed E-state index contributed by atoms with van der Waals surface area (Å²) < 4.78 is 69.8. The Labute approximate surface area is 259 Å². The third-order valence-electron chi connectivity index (χ3n) is 7.78. The number of carbonyl (C=O) groups excluding carboxylic acids is 1. The van der Waals surface area contributed by atoms with Gasteiger partial charge in [0.25, 0.3) is 10.2 Å². The number of nitrogens with one attached hydrogen (secondary N) is 3. The van der Waals surface area contributed by atoms with Crippen molar-refractivity contribution in [3.05, 3.63) is 47.3 Å². The van der Waals surface area contributed by atoms with Gasteiger partial charge in [0.05, 0.1) is 18.1 Å². The highest BCUT2D eigenvalue weighted by molar-refractivity contribution is 7.87. The standard InChI is InChI=1S/C28H35F3N8O5S/c29-28(30,31)27-36-23(38-14-8-20(9-15-38)6-12-34-45(43,44)35-13-7-25(40)41)17-24(37-27)39-16-10-22(39)26(42)33-11-5-19-1-3-21(18-32)4-2-19/h1-4,17,20,22,34-35H,5-16H2,(H,33,42)(H,40,41)/t22-/m0/s1. The molecular weight excluding hydrogens is 617 g/mol. The van der Waals surface area contributed by atoms with Crippen LogP contribution in [0.5, 0.6) is 0 Å². The summed E-state index contributed by atoms with van der Waals surface area (Å²) in [6.45, 7) is 1.41. The summed E-state index contributed by atoms with van der Waals surface area (Å²) in [4.78, 5) is 34.3. The van der Waals surface area contributed by atoms with Gasteiger partial charge in [-0.1, -0.05) is 12.1 Å². The van der Waals surface area contributed by atoms with E-state index in [1.165, 1.54) is 6.07 Å². The molecule has 0 aliphatic carbocycles. The minimum atomic E-state index is -4.79. The number of nitrogens with zero attached hydrogens (tertiary/aromatic N) is 5. The predicted molar refractivity (Wildman–Crippen MR) is 157 cm³/mol. The summed E-state index contributed by atoms with van der Waals surface area (Å²) >= 11 is 0. The van der Waals surface area contributed by atoms with Crippen molar-refractivity contribution in [3.63, 3.8) is 0 Å². The van der Waals surface area contributed by atoms with E-state index in [0.717, 1.165) is 5.56 Å². The molecule has 2 fully saturated rings. The molecule has 13 nitrogen and oxygen atoms in total. The molecule has 2 aliphatic heterocycles. The molecule has 0 bridgehead atoms. The van der Waals surface area contributed by atoms with Crippen LogP contribution in [0.2, 0.25) is 0 Å². The van der Waals surface area contributed by atoms with Gasteiger partial charge in [-0.25, -0.2) is 19.4 Å². The lowest BCUT2D eigenvalue weighted by atomic mass is 9.93. The molecule has 45 heavy (non-hydrogen) atoms. The molecular formula is C28H35F3N8O5S. The summed E-state index contributed by atoms with van der Waals surface area (Å²) in [5.41, 5.74) is 1.47. The van der Waals surface area contributed by atoms with Crippen molar-refractivity contribution in [1.82, 2.24) is 24.7 Å². The molecule has 4 rings (SSSR count). The molecule has 1 aromatic heterocycles. The van der Waals surface area contributed by atoms with Crippen molar-refractivity contribution < 1.29 is 36.3 Å². The zero-order valence-corrected chi connectivity index (χ0v) is 25.2. The number of hydrogen-bond acceptors (Lipinski definition) is 9. The number of aliphatic carboxylic acids is 1. The first-order valence-corrected chi connectivity index (χ1v) is 16.0. The molecule has 1 atom stereocenters. The molecule has 0 spiro atoms. The Bertz CT molecular complexity index is 1490. The number of anilines is 2. The third kappa shape index (κ3) is 9.74. The van der Waals surface area contributed by atoms with Gasteiger partial charge in [-0.05, 0) is 55.7 Å². The van der Waals surface area contributed by atoms with Crippen LogP contribution in [0, 0.1) is 17.2 Å². The van der Waals surface area contributed by atoms with Gasteiger partial charge in [-0.3, -0.25) is 9.59 Å². The van der Waals surface area contributed by atoms with Crippen molar-refractivity contribution in [1.29, 1.82) is 5.26 Å². The van der Waals surface area contributed by atoms with Crippen molar-refractivity contribution in [2.24, 2.45) is 5.92 Å². The van der Waals surface area contributed by atoms with Crippen LogP contribution >= 0.6 is 0 Å². The molecule has 0 saturated carbocycles. The van der Waals surface area contributed by atoms with Gasteiger partial charge < -0.3 is 20.2 Å². The Balaban J connectivity index is 1.32. The molecule has 0 unspecified atom stereocenters. The Kier molecular flexibility index (Phi) is 11.2. The number of piperidine rings is 1. The van der Waals surface area contributed by atoms with E-state index in [0.29, 0.717) is 63.8 Å². The molecule has 4 N–H and O–H groups in total. The first-order chi connectivity index (χ1) is 21.3. The van der Waals surface area contributed by atoms with Crippen LogP contribution in [0.1, 0.15) is 49.1 Å². The van der Waals surface area contributed by atoms with Crippen molar-refractivity contribution in [2.75, 3.05) is 49.1 Å². The lowest BCUT2D eigenvalue weighted by molar-refractivity contribution is -0.144. The minimum Gasteiger partial charge on any atom is -0.481 e. The number of carboxylic acid groups (broad SMARTS) is 1. The number of carbonyl (C=O) groups is 2. The maximum atomic E-state index is 13.8. The molecule has 1 aromatic carbocycles. The highest BCUT2D eigenvalue weighted by Crippen LogP contribution is 2.34. The maximum Gasteiger partial charge on any atom is 0.451 e. The minimum absolute atomic E-state index is 0.0257. The zero-order chi connectivity index (χ0) is 32.6. The summed E-state index contributed by atoms with van der Waals surface area (Å²) in [6.07, 6.45) is -2.42. The SMILES string of the molecule is N#Cc1ccc(CCNC(=O)[C@@H]2CCN2c2cc(N3CCC(CCNS(=O)(=O)NCCC(=O)O)CC3)nc(C(F)(F)F)n2)cc1. The van der Waals surface area contributed by atoms with Crippen LogP contribution in [-0.2, 0) is 32.4 Å². The quantitative estimate of drug-likeness (QED) is 0.235. The molecule has 2 aromatic rings. The van der Waals surface area contributed by atoms with Crippen LogP contribution in [0.25, 0.3) is 0 Å². The number of rotatable bonds is 14. The van der Waals surface area contributed by atoms with Crippen molar-refractivity contribution in [2.45, 2.75) is 50.7 Å². The number of aromatic nitrogens is 2. The highest BCUT2D eigenvalue weighted by atomic mass is 32.2. The fraction of sp³-hybridized carbons (Fsp3) is 0.536. The second-order valence-corrected chi connectivity index (χ2v) is 12.5. The Hall–Kier alpha value is -4.01. The van der Waals surface area contributed by atoms with Gasteiger partial charge >= 0.3 is 12.1 Å². The van der Waals surface area contributed by atoms with E-state index in [1.807, 2.05) is 6.07 Å². The number of benzene rings is 1. The number of hydrogen-bond donors (Lipinski definition) is 4. The number of amides is 1. The van der Waals surface area contributed by atoms with E-state index in [2.05, 4.69) is 24.7 Å². The van der Waals surface area contributed by atoms with Crippen LogP contribution in [0.3, 0.4) is 0 Å². The van der Waals surface area contributed by atoms with Gasteiger partial charge in [-0.15, -0.1) is 0 Å². The summed E-state index contributed by atoms with van der Waals surface area (Å²) in [7, 11) is -3.83. The third-order valence-corrected chi connectivity index (χ3v) is 8.95. The zero-order valence-electron chi connectivity index (χ0n) is 24.4. The van der Waals surface area contributed by atoms with Gasteiger partial charge in [0.15, 0.2) is 0 Å². The van der Waals surface area contributed by atoms with Gasteiger partial charge in [0.1, 0.15) is 17.7 Å². The highest BCUT2D eigenvalue weighted by Gasteiger charge is 2.40. The molecule has 2 saturated heterocycles. The number of alkyl halides is 3. The maximum absolute atomic E-state index is 13.8. The lowest BCUT2D eigenvalue weighted by Gasteiger charge is -2.41. The molecule has 17 heteroatoms. The first kappa shape index (κ1) is 33.9. The summed E-state index contributed by atoms with van der Waals surface area (Å²) in [5, 5.41) is 20.4. The average Bonchev–Trinajstić information content (AvgIpc) is 2.96. The van der Waals surface area contributed by atoms with E-state index < -0.39 is 34.2 Å². The smallest absolute Gasteiger partial charge is 0.451 e. The van der Waals surface area contributed by atoms with Crippen molar-refractivity contribution in [3.8, 4) is 6.07 Å². The number of carboxylic acids is 1. The average molecular weight is 653 g/mol. The van der Waals surface area contributed by atoms with Gasteiger partial charge in [-0.2, -0.15) is 26.9 Å². The van der Waals surface area contributed by atoms with E-state index in [4.69, 9.17) is 10.4 Å². The predicted octanol–water partition coefficient (Wildman–Crippen LogP) is 1.81. The van der Waals surface area contributed by atoms with E-state index in [1.54, 1.807) is 34.1 Å². The monoisotopic (exact) mass is 652 g/mol. The van der Waals surface area contributed by atoms with Crippen LogP contribution < -0.4 is 24.6 Å². The van der Waals surface area contributed by atoms with Crippen LogP contribution in [0.4, 0.5) is 24.8 Å². The Morgan fingerprint density at radius 1 is 1.00 bits per heavy atom. The molecule has 1 amide bonds. The molecule has 0 radical (unpaired) electrons. The first-order valence-electron chi connectivity index (χ1n) is 14.6. The summed E-state index contributed by atoms with van der Waals surface area (Å²) in [5.74, 6) is -2.45. The van der Waals surface area contributed by atoms with E-state index in [9.17, 15) is 31.2 Å². The second-order valence-electron chi connectivity index (χ2n) is 10.9.